The molecule has 1 saturated heterocycles. The zero-order valence-corrected chi connectivity index (χ0v) is 10.3. The van der Waals surface area contributed by atoms with Gasteiger partial charge in [0.25, 0.3) is 6.43 Å². The van der Waals surface area contributed by atoms with Crippen molar-refractivity contribution >= 4 is 0 Å². The van der Waals surface area contributed by atoms with E-state index in [0.717, 1.165) is 5.69 Å². The molecule has 0 radical (unpaired) electrons. The van der Waals surface area contributed by atoms with Crippen molar-refractivity contribution in [1.29, 1.82) is 0 Å². The molecular weight excluding hydrogens is 250 g/mol. The Hall–Kier alpha value is -1.82. The molecule has 0 bridgehead atoms. The average Bonchev–Trinajstić information content (AvgIpc) is 2.83. The van der Waals surface area contributed by atoms with Gasteiger partial charge >= 0.3 is 0 Å². The third-order valence-electron chi connectivity index (χ3n) is 3.36. The fraction of sp³-hybridized carbons (Fsp3) is 0.385. The number of halogens is 2. The smallest absolute Gasteiger partial charge is 0.253 e. The average molecular weight is 264 g/mol. The minimum absolute atomic E-state index is 0.432. The number of para-hydroxylation sites is 1. The maximum absolute atomic E-state index is 12.6. The zero-order valence-electron chi connectivity index (χ0n) is 10.3. The molecule has 0 N–H and O–H groups in total. The van der Waals surface area contributed by atoms with Crippen LogP contribution in [0.5, 0.6) is 0 Å². The van der Waals surface area contributed by atoms with Crippen molar-refractivity contribution in [3.05, 3.63) is 42.2 Å². The van der Waals surface area contributed by atoms with E-state index >= 15 is 0 Å². The van der Waals surface area contributed by atoms with E-state index in [2.05, 4.69) is 10.2 Å². The number of alkyl halides is 2. The number of rotatable bonds is 4. The maximum Gasteiger partial charge on any atom is 0.253 e. The molecule has 4 nitrogen and oxygen atoms in total. The monoisotopic (exact) mass is 264 g/mol. The highest BCUT2D eigenvalue weighted by atomic mass is 19.3. The summed E-state index contributed by atoms with van der Waals surface area (Å²) in [4.78, 5) is 3.26. The lowest BCUT2D eigenvalue weighted by molar-refractivity contribution is -0.0394. The van der Waals surface area contributed by atoms with Gasteiger partial charge in [-0.05, 0) is 18.6 Å². The first kappa shape index (κ1) is 12.2. The van der Waals surface area contributed by atoms with Gasteiger partial charge in [0.15, 0.2) is 0 Å². The van der Waals surface area contributed by atoms with E-state index in [4.69, 9.17) is 0 Å². The van der Waals surface area contributed by atoms with Crippen LogP contribution in [0.1, 0.15) is 12.1 Å². The van der Waals surface area contributed by atoms with Gasteiger partial charge in [-0.15, -0.1) is 0 Å². The summed E-state index contributed by atoms with van der Waals surface area (Å²) >= 11 is 0. The Balaban J connectivity index is 1.69. The Labute approximate surface area is 109 Å². The highest BCUT2D eigenvalue weighted by Gasteiger charge is 2.35. The number of hydrogen-bond acceptors (Lipinski definition) is 3. The third kappa shape index (κ3) is 2.49. The van der Waals surface area contributed by atoms with E-state index in [-0.39, 0.29) is 0 Å². The van der Waals surface area contributed by atoms with Gasteiger partial charge in [0.2, 0.25) is 0 Å². The molecule has 2 heterocycles. The SMILES string of the molecule is FC(F)C1CCN1Cc1cnn(-c2ccccc2)n1. The summed E-state index contributed by atoms with van der Waals surface area (Å²) in [6.45, 7) is 1.13. The molecule has 3 rings (SSSR count). The van der Waals surface area contributed by atoms with E-state index in [1.165, 1.54) is 4.80 Å². The van der Waals surface area contributed by atoms with E-state index in [9.17, 15) is 8.78 Å². The Morgan fingerprint density at radius 1 is 1.26 bits per heavy atom. The molecule has 0 spiro atoms. The van der Waals surface area contributed by atoms with Crippen molar-refractivity contribution in [1.82, 2.24) is 19.9 Å². The molecule has 1 atom stereocenters. The van der Waals surface area contributed by atoms with Gasteiger partial charge in [-0.3, -0.25) is 4.90 Å². The van der Waals surface area contributed by atoms with Crippen LogP contribution in [0.4, 0.5) is 8.78 Å². The third-order valence-corrected chi connectivity index (χ3v) is 3.36. The standard InChI is InChI=1S/C13H14F2N4/c14-13(15)12-6-7-18(12)9-10-8-16-19(17-10)11-4-2-1-3-5-11/h1-5,8,12-13H,6-7,9H2. The molecule has 2 aromatic rings. The Kier molecular flexibility index (Phi) is 3.25. The van der Waals surface area contributed by atoms with Crippen LogP contribution in [0.3, 0.4) is 0 Å². The fourth-order valence-corrected chi connectivity index (χ4v) is 2.20. The summed E-state index contributed by atoms with van der Waals surface area (Å²) < 4.78 is 25.2. The van der Waals surface area contributed by atoms with Crippen LogP contribution >= 0.6 is 0 Å². The van der Waals surface area contributed by atoms with E-state index in [1.807, 2.05) is 30.3 Å². The number of nitrogens with zero attached hydrogens (tertiary/aromatic N) is 4. The lowest BCUT2D eigenvalue weighted by Gasteiger charge is -2.39. The first-order chi connectivity index (χ1) is 9.24. The van der Waals surface area contributed by atoms with Crippen LogP contribution in [0, 0.1) is 0 Å². The Bertz CT molecular complexity index is 541. The normalized spacial score (nSPS) is 19.6. The lowest BCUT2D eigenvalue weighted by atomic mass is 10.0. The van der Waals surface area contributed by atoms with Crippen molar-refractivity contribution in [2.75, 3.05) is 6.54 Å². The van der Waals surface area contributed by atoms with Crippen LogP contribution in [0.25, 0.3) is 5.69 Å². The fourth-order valence-electron chi connectivity index (χ4n) is 2.20. The van der Waals surface area contributed by atoms with Crippen molar-refractivity contribution in [2.24, 2.45) is 0 Å². The molecule has 0 amide bonds. The molecule has 1 aromatic carbocycles. The Morgan fingerprint density at radius 2 is 2.05 bits per heavy atom. The first-order valence-corrected chi connectivity index (χ1v) is 6.23. The van der Waals surface area contributed by atoms with Gasteiger partial charge in [-0.1, -0.05) is 18.2 Å². The number of likely N-dealkylation sites (tertiary alicyclic amines) is 1. The molecule has 1 aromatic heterocycles. The second-order valence-electron chi connectivity index (χ2n) is 4.62. The summed E-state index contributed by atoms with van der Waals surface area (Å²) in [5, 5.41) is 8.47. The number of benzene rings is 1. The summed E-state index contributed by atoms with van der Waals surface area (Å²) in [7, 11) is 0. The Morgan fingerprint density at radius 3 is 2.68 bits per heavy atom. The molecule has 0 aliphatic carbocycles. The van der Waals surface area contributed by atoms with Gasteiger partial charge in [-0.25, -0.2) is 8.78 Å². The molecule has 6 heteroatoms. The molecule has 1 fully saturated rings. The van der Waals surface area contributed by atoms with Crippen LogP contribution in [-0.2, 0) is 6.54 Å². The van der Waals surface area contributed by atoms with Crippen LogP contribution in [0.2, 0.25) is 0 Å². The van der Waals surface area contributed by atoms with E-state index < -0.39 is 12.5 Å². The molecule has 100 valence electrons. The minimum atomic E-state index is -2.28. The van der Waals surface area contributed by atoms with Gasteiger partial charge in [0.05, 0.1) is 23.6 Å². The minimum Gasteiger partial charge on any atom is -0.289 e. The lowest BCUT2D eigenvalue weighted by Crippen LogP contribution is -2.51. The first-order valence-electron chi connectivity index (χ1n) is 6.23. The molecule has 1 aliphatic rings. The van der Waals surface area contributed by atoms with Crippen molar-refractivity contribution in [3.63, 3.8) is 0 Å². The summed E-state index contributed by atoms with van der Waals surface area (Å²) in [6, 6.07) is 8.90. The van der Waals surface area contributed by atoms with Gasteiger partial charge in [0.1, 0.15) is 0 Å². The van der Waals surface area contributed by atoms with Gasteiger partial charge in [-0.2, -0.15) is 15.0 Å². The summed E-state index contributed by atoms with van der Waals surface area (Å²) in [6.07, 6.45) is -0.0869. The van der Waals surface area contributed by atoms with Crippen LogP contribution in [-0.4, -0.2) is 38.9 Å². The summed E-state index contributed by atoms with van der Waals surface area (Å²) in [5.41, 5.74) is 1.58. The second-order valence-corrected chi connectivity index (χ2v) is 4.62. The van der Waals surface area contributed by atoms with E-state index in [1.54, 1.807) is 11.1 Å². The van der Waals surface area contributed by atoms with Crippen molar-refractivity contribution in [3.8, 4) is 5.69 Å². The van der Waals surface area contributed by atoms with Crippen molar-refractivity contribution in [2.45, 2.75) is 25.4 Å². The zero-order chi connectivity index (χ0) is 13.2. The molecule has 19 heavy (non-hydrogen) atoms. The molecule has 1 aliphatic heterocycles. The van der Waals surface area contributed by atoms with Crippen LogP contribution in [0.15, 0.2) is 36.5 Å². The molecule has 1 unspecified atom stereocenters. The maximum atomic E-state index is 12.6. The highest BCUT2D eigenvalue weighted by Crippen LogP contribution is 2.25. The van der Waals surface area contributed by atoms with Crippen LogP contribution < -0.4 is 0 Å². The topological polar surface area (TPSA) is 34.0 Å². The van der Waals surface area contributed by atoms with Gasteiger partial charge < -0.3 is 0 Å². The van der Waals surface area contributed by atoms with E-state index in [0.29, 0.717) is 25.2 Å². The largest absolute Gasteiger partial charge is 0.289 e. The number of hydrogen-bond donors (Lipinski definition) is 0. The highest BCUT2D eigenvalue weighted by molar-refractivity contribution is 5.28. The number of aromatic nitrogens is 3. The van der Waals surface area contributed by atoms with Crippen molar-refractivity contribution < 1.29 is 8.78 Å². The van der Waals surface area contributed by atoms with Gasteiger partial charge in [0, 0.05) is 13.1 Å². The predicted molar refractivity (Wildman–Crippen MR) is 66.2 cm³/mol. The quantitative estimate of drug-likeness (QED) is 0.848. The molecule has 0 saturated carbocycles. The predicted octanol–water partition coefficient (Wildman–Crippen LogP) is 2.11. The summed E-state index contributed by atoms with van der Waals surface area (Å²) in [5.74, 6) is 0. The molecular formula is C13H14F2N4. The second kappa shape index (κ2) is 5.05.